The lowest BCUT2D eigenvalue weighted by Crippen LogP contribution is -2.17. The SMILES string of the molecule is CC1(c2ccc(OC(F)(F)F)cc2)C(CO)C1(Cl)Cl. The molecule has 0 bridgehead atoms. The summed E-state index contributed by atoms with van der Waals surface area (Å²) in [6, 6.07) is 5.34. The second kappa shape index (κ2) is 4.43. The normalized spacial score (nSPS) is 29.1. The van der Waals surface area contributed by atoms with E-state index < -0.39 is 16.1 Å². The van der Waals surface area contributed by atoms with Gasteiger partial charge in [-0.05, 0) is 17.7 Å². The van der Waals surface area contributed by atoms with E-state index >= 15 is 0 Å². The molecule has 0 saturated heterocycles. The molecule has 0 radical (unpaired) electrons. The molecule has 0 heterocycles. The van der Waals surface area contributed by atoms with Crippen LogP contribution in [-0.2, 0) is 5.41 Å². The zero-order valence-electron chi connectivity index (χ0n) is 9.84. The van der Waals surface area contributed by atoms with Gasteiger partial charge in [-0.2, -0.15) is 0 Å². The Morgan fingerprint density at radius 3 is 2.16 bits per heavy atom. The van der Waals surface area contributed by atoms with Crippen molar-refractivity contribution in [2.75, 3.05) is 6.61 Å². The molecule has 7 heteroatoms. The molecule has 106 valence electrons. The zero-order chi connectivity index (χ0) is 14.5. The fraction of sp³-hybridized carbons (Fsp3) is 0.500. The van der Waals surface area contributed by atoms with E-state index in [2.05, 4.69) is 4.74 Å². The first-order chi connectivity index (χ1) is 8.63. The molecule has 1 aliphatic rings. The number of rotatable bonds is 3. The van der Waals surface area contributed by atoms with E-state index in [4.69, 9.17) is 23.2 Å². The lowest BCUT2D eigenvalue weighted by molar-refractivity contribution is -0.274. The Morgan fingerprint density at radius 2 is 1.79 bits per heavy atom. The van der Waals surface area contributed by atoms with Gasteiger partial charge >= 0.3 is 6.36 Å². The van der Waals surface area contributed by atoms with Crippen molar-refractivity contribution in [2.45, 2.75) is 23.0 Å². The van der Waals surface area contributed by atoms with Crippen molar-refractivity contribution in [3.63, 3.8) is 0 Å². The Balaban J connectivity index is 2.21. The third-order valence-electron chi connectivity index (χ3n) is 3.61. The summed E-state index contributed by atoms with van der Waals surface area (Å²) in [6.45, 7) is 1.57. The van der Waals surface area contributed by atoms with Gasteiger partial charge in [-0.1, -0.05) is 19.1 Å². The number of alkyl halides is 5. The van der Waals surface area contributed by atoms with Crippen LogP contribution in [0.3, 0.4) is 0 Å². The van der Waals surface area contributed by atoms with Crippen LogP contribution in [-0.4, -0.2) is 22.4 Å². The first-order valence-electron chi connectivity index (χ1n) is 5.48. The molecule has 1 N–H and O–H groups in total. The van der Waals surface area contributed by atoms with Crippen molar-refractivity contribution in [2.24, 2.45) is 5.92 Å². The van der Waals surface area contributed by atoms with Gasteiger partial charge in [0.05, 0.1) is 0 Å². The summed E-state index contributed by atoms with van der Waals surface area (Å²) in [5.74, 6) is -0.659. The molecule has 1 aromatic rings. The molecule has 2 nitrogen and oxygen atoms in total. The minimum atomic E-state index is -4.72. The molecule has 2 unspecified atom stereocenters. The maximum atomic E-state index is 12.0. The van der Waals surface area contributed by atoms with E-state index in [1.54, 1.807) is 6.92 Å². The Morgan fingerprint density at radius 1 is 1.26 bits per heavy atom. The van der Waals surface area contributed by atoms with Gasteiger partial charge in [-0.3, -0.25) is 0 Å². The predicted molar refractivity (Wildman–Crippen MR) is 65.5 cm³/mol. The quantitative estimate of drug-likeness (QED) is 0.863. The van der Waals surface area contributed by atoms with Crippen molar-refractivity contribution >= 4 is 23.2 Å². The van der Waals surface area contributed by atoms with Gasteiger partial charge in [0.2, 0.25) is 0 Å². The predicted octanol–water partition coefficient (Wildman–Crippen LogP) is 3.64. The molecular weight excluding hydrogens is 304 g/mol. The molecule has 1 saturated carbocycles. The highest BCUT2D eigenvalue weighted by Crippen LogP contribution is 2.69. The Hall–Kier alpha value is -0.650. The first kappa shape index (κ1) is 14.8. The summed E-state index contributed by atoms with van der Waals surface area (Å²) in [7, 11) is 0. The summed E-state index contributed by atoms with van der Waals surface area (Å²) >= 11 is 12.2. The van der Waals surface area contributed by atoms with Crippen LogP contribution in [0.2, 0.25) is 0 Å². The van der Waals surface area contributed by atoms with Crippen LogP contribution in [0.25, 0.3) is 0 Å². The van der Waals surface area contributed by atoms with Crippen molar-refractivity contribution in [3.8, 4) is 5.75 Å². The molecule has 0 spiro atoms. The van der Waals surface area contributed by atoms with Crippen molar-refractivity contribution in [1.82, 2.24) is 0 Å². The molecule has 2 atom stereocenters. The van der Waals surface area contributed by atoms with Crippen molar-refractivity contribution in [1.29, 1.82) is 0 Å². The average molecular weight is 315 g/mol. The fourth-order valence-corrected chi connectivity index (χ4v) is 3.26. The largest absolute Gasteiger partial charge is 0.573 e. The number of aliphatic hydroxyl groups is 1. The monoisotopic (exact) mass is 314 g/mol. The number of hydrogen-bond acceptors (Lipinski definition) is 2. The van der Waals surface area contributed by atoms with Gasteiger partial charge in [0, 0.05) is 17.9 Å². The van der Waals surface area contributed by atoms with Crippen LogP contribution in [0.4, 0.5) is 13.2 Å². The van der Waals surface area contributed by atoms with Gasteiger partial charge in [-0.15, -0.1) is 36.4 Å². The van der Waals surface area contributed by atoms with Gasteiger partial charge in [-0.25, -0.2) is 0 Å². The lowest BCUT2D eigenvalue weighted by Gasteiger charge is -2.14. The number of aliphatic hydroxyl groups excluding tert-OH is 1. The molecule has 0 aromatic heterocycles. The summed E-state index contributed by atoms with van der Waals surface area (Å²) < 4.78 is 38.8. The van der Waals surface area contributed by atoms with Crippen molar-refractivity contribution in [3.05, 3.63) is 29.8 Å². The molecule has 1 fully saturated rings. The van der Waals surface area contributed by atoms with E-state index in [1.165, 1.54) is 24.3 Å². The molecule has 2 rings (SSSR count). The summed E-state index contributed by atoms with van der Waals surface area (Å²) in [5.41, 5.74) is -0.0205. The highest BCUT2D eigenvalue weighted by molar-refractivity contribution is 6.52. The van der Waals surface area contributed by atoms with E-state index in [1.807, 2.05) is 0 Å². The Labute approximate surface area is 118 Å². The third-order valence-corrected chi connectivity index (χ3v) is 4.93. The lowest BCUT2D eigenvalue weighted by atomic mass is 9.95. The van der Waals surface area contributed by atoms with E-state index in [9.17, 15) is 18.3 Å². The second-order valence-electron chi connectivity index (χ2n) is 4.63. The highest BCUT2D eigenvalue weighted by Gasteiger charge is 2.73. The molecule has 1 aromatic carbocycles. The maximum absolute atomic E-state index is 12.0. The molecule has 0 aliphatic heterocycles. The summed E-state index contributed by atoms with van der Waals surface area (Å²) in [6.07, 6.45) is -4.72. The number of halogens is 5. The third kappa shape index (κ3) is 2.39. The standard InChI is InChI=1S/C12H11Cl2F3O2/c1-10(9(6-18)11(10,13)14)7-2-4-8(5-3-7)19-12(15,16)17/h2-5,9,18H,6H2,1H3. The average Bonchev–Trinajstić information content (AvgIpc) is 2.72. The van der Waals surface area contributed by atoms with Crippen LogP contribution < -0.4 is 4.74 Å². The number of ether oxygens (including phenoxy) is 1. The van der Waals surface area contributed by atoms with E-state index in [-0.39, 0.29) is 18.3 Å². The van der Waals surface area contributed by atoms with Gasteiger partial charge in [0.1, 0.15) is 10.1 Å². The second-order valence-corrected chi connectivity index (χ2v) is 6.02. The highest BCUT2D eigenvalue weighted by atomic mass is 35.5. The van der Waals surface area contributed by atoms with Crippen LogP contribution in [0.1, 0.15) is 12.5 Å². The zero-order valence-corrected chi connectivity index (χ0v) is 11.4. The smallest absolute Gasteiger partial charge is 0.406 e. The maximum Gasteiger partial charge on any atom is 0.573 e. The molecule has 1 aliphatic carbocycles. The molecule has 0 amide bonds. The van der Waals surface area contributed by atoms with E-state index in [0.29, 0.717) is 5.56 Å². The minimum Gasteiger partial charge on any atom is -0.406 e. The van der Waals surface area contributed by atoms with Crippen LogP contribution >= 0.6 is 23.2 Å². The number of hydrogen-bond donors (Lipinski definition) is 1. The number of benzene rings is 1. The van der Waals surface area contributed by atoms with E-state index in [0.717, 1.165) is 0 Å². The molecular formula is C12H11Cl2F3O2. The van der Waals surface area contributed by atoms with Gasteiger partial charge in [0.25, 0.3) is 0 Å². The van der Waals surface area contributed by atoms with Crippen LogP contribution in [0, 0.1) is 5.92 Å². The minimum absolute atomic E-state index is 0.190. The van der Waals surface area contributed by atoms with Crippen LogP contribution in [0.5, 0.6) is 5.75 Å². The Kier molecular flexibility index (Phi) is 3.44. The fourth-order valence-electron chi connectivity index (χ4n) is 2.31. The van der Waals surface area contributed by atoms with Gasteiger partial charge in [0.15, 0.2) is 0 Å². The Bertz CT molecular complexity index is 473. The van der Waals surface area contributed by atoms with Crippen LogP contribution in [0.15, 0.2) is 24.3 Å². The molecule has 19 heavy (non-hydrogen) atoms. The summed E-state index contributed by atoms with van der Waals surface area (Å²) in [4.78, 5) is 0. The van der Waals surface area contributed by atoms with Gasteiger partial charge < -0.3 is 9.84 Å². The topological polar surface area (TPSA) is 29.5 Å². The van der Waals surface area contributed by atoms with Crippen molar-refractivity contribution < 1.29 is 23.0 Å². The first-order valence-corrected chi connectivity index (χ1v) is 6.23. The summed E-state index contributed by atoms with van der Waals surface area (Å²) in [5, 5.41) is 9.20.